The minimum atomic E-state index is -0.613. The molecule has 0 aromatic heterocycles. The number of halogens is 1. The summed E-state index contributed by atoms with van der Waals surface area (Å²) in [5.41, 5.74) is 7.81. The van der Waals surface area contributed by atoms with Crippen molar-refractivity contribution in [2.75, 3.05) is 24.6 Å². The Balaban J connectivity index is 1.92. The number of ether oxygens (including phenoxy) is 1. The Morgan fingerprint density at radius 3 is 3.11 bits per heavy atom. The molecule has 2 rings (SSSR count). The van der Waals surface area contributed by atoms with Gasteiger partial charge in [-0.2, -0.15) is 0 Å². The third-order valence-electron chi connectivity index (χ3n) is 3.34. The van der Waals surface area contributed by atoms with Gasteiger partial charge >= 0.3 is 5.97 Å². The third-order valence-corrected chi connectivity index (χ3v) is 3.34. The molecule has 0 aliphatic carbocycles. The van der Waals surface area contributed by atoms with Crippen molar-refractivity contribution in [2.45, 2.75) is 25.8 Å². The lowest BCUT2D eigenvalue weighted by Crippen LogP contribution is -2.36. The fourth-order valence-electron chi connectivity index (χ4n) is 2.31. The van der Waals surface area contributed by atoms with E-state index >= 15 is 0 Å². The molecule has 1 heterocycles. The van der Waals surface area contributed by atoms with Gasteiger partial charge in [0, 0.05) is 18.8 Å². The van der Waals surface area contributed by atoms with Crippen LogP contribution >= 0.6 is 0 Å². The maximum absolute atomic E-state index is 13.2. The van der Waals surface area contributed by atoms with E-state index in [9.17, 15) is 9.18 Å². The van der Waals surface area contributed by atoms with Gasteiger partial charge in [0.25, 0.3) is 0 Å². The molecule has 2 N–H and O–H groups in total. The highest BCUT2D eigenvalue weighted by Crippen LogP contribution is 2.28. The van der Waals surface area contributed by atoms with Gasteiger partial charge in [-0.15, -0.1) is 0 Å². The van der Waals surface area contributed by atoms with Gasteiger partial charge in [0.2, 0.25) is 0 Å². The number of carbonyl (C=O) groups excluding carboxylic acids is 1. The summed E-state index contributed by atoms with van der Waals surface area (Å²) in [5, 5.41) is 0. The average molecular weight is 266 g/mol. The van der Waals surface area contributed by atoms with Crippen LogP contribution in [-0.4, -0.2) is 31.7 Å². The molecule has 1 aromatic carbocycles. The Bertz CT molecular complexity index is 465. The number of nitrogens with two attached hydrogens (primary N) is 1. The summed E-state index contributed by atoms with van der Waals surface area (Å²) in [6, 6.07) is 4.22. The minimum absolute atomic E-state index is 0.236. The van der Waals surface area contributed by atoms with Crippen LogP contribution in [0.5, 0.6) is 0 Å². The Hall–Kier alpha value is -1.62. The molecule has 0 radical (unpaired) electrons. The van der Waals surface area contributed by atoms with E-state index in [0.29, 0.717) is 19.6 Å². The van der Waals surface area contributed by atoms with Gasteiger partial charge in [0.1, 0.15) is 11.9 Å². The van der Waals surface area contributed by atoms with E-state index in [0.717, 1.165) is 24.2 Å². The number of rotatable bonds is 5. The SMILES string of the molecule is CCOC(=O)C(N)CCN1CCc2ccc(F)cc21. The average Bonchev–Trinajstić information content (AvgIpc) is 2.78. The van der Waals surface area contributed by atoms with Crippen LogP contribution in [0.3, 0.4) is 0 Å². The van der Waals surface area contributed by atoms with Crippen LogP contribution in [0.4, 0.5) is 10.1 Å². The smallest absolute Gasteiger partial charge is 0.322 e. The Morgan fingerprint density at radius 2 is 2.37 bits per heavy atom. The van der Waals surface area contributed by atoms with Crippen molar-refractivity contribution >= 4 is 11.7 Å². The van der Waals surface area contributed by atoms with Gasteiger partial charge < -0.3 is 15.4 Å². The zero-order valence-corrected chi connectivity index (χ0v) is 11.1. The fraction of sp³-hybridized carbons (Fsp3) is 0.500. The first-order valence-electron chi connectivity index (χ1n) is 6.57. The lowest BCUT2D eigenvalue weighted by atomic mass is 10.1. The van der Waals surface area contributed by atoms with Crippen LogP contribution in [0.2, 0.25) is 0 Å². The number of hydrogen-bond acceptors (Lipinski definition) is 4. The molecular weight excluding hydrogens is 247 g/mol. The normalized spacial score (nSPS) is 15.2. The van der Waals surface area contributed by atoms with E-state index in [-0.39, 0.29) is 11.8 Å². The van der Waals surface area contributed by atoms with Crippen molar-refractivity contribution in [1.29, 1.82) is 0 Å². The molecule has 1 aliphatic heterocycles. The minimum Gasteiger partial charge on any atom is -0.465 e. The van der Waals surface area contributed by atoms with Crippen molar-refractivity contribution in [3.63, 3.8) is 0 Å². The van der Waals surface area contributed by atoms with Crippen LogP contribution in [0.15, 0.2) is 18.2 Å². The standard InChI is InChI=1S/C14H19FN2O2/c1-2-19-14(18)12(16)6-8-17-7-5-10-3-4-11(15)9-13(10)17/h3-4,9,12H,2,5-8,16H2,1H3. The Morgan fingerprint density at radius 1 is 1.58 bits per heavy atom. The van der Waals surface area contributed by atoms with Crippen molar-refractivity contribution in [2.24, 2.45) is 5.73 Å². The highest BCUT2D eigenvalue weighted by atomic mass is 19.1. The summed E-state index contributed by atoms with van der Waals surface area (Å²) in [5.74, 6) is -0.610. The van der Waals surface area contributed by atoms with Gasteiger partial charge in [-0.3, -0.25) is 4.79 Å². The van der Waals surface area contributed by atoms with Gasteiger partial charge in [-0.25, -0.2) is 4.39 Å². The molecular formula is C14H19FN2O2. The molecule has 0 spiro atoms. The first-order chi connectivity index (χ1) is 9.11. The number of anilines is 1. The highest BCUT2D eigenvalue weighted by molar-refractivity contribution is 5.75. The molecule has 19 heavy (non-hydrogen) atoms. The Kier molecular flexibility index (Phi) is 4.37. The number of esters is 1. The first-order valence-corrected chi connectivity index (χ1v) is 6.57. The predicted molar refractivity (Wildman–Crippen MR) is 71.5 cm³/mol. The molecule has 0 saturated carbocycles. The lowest BCUT2D eigenvalue weighted by Gasteiger charge is -2.21. The van der Waals surface area contributed by atoms with Gasteiger partial charge in [0.15, 0.2) is 0 Å². The van der Waals surface area contributed by atoms with E-state index in [1.165, 1.54) is 12.1 Å². The van der Waals surface area contributed by atoms with Crippen molar-refractivity contribution in [3.05, 3.63) is 29.6 Å². The molecule has 104 valence electrons. The molecule has 1 aliphatic rings. The summed E-state index contributed by atoms with van der Waals surface area (Å²) in [4.78, 5) is 13.5. The maximum Gasteiger partial charge on any atom is 0.322 e. The molecule has 5 heteroatoms. The fourth-order valence-corrected chi connectivity index (χ4v) is 2.31. The van der Waals surface area contributed by atoms with Crippen LogP contribution in [-0.2, 0) is 16.0 Å². The van der Waals surface area contributed by atoms with Crippen LogP contribution in [0, 0.1) is 5.82 Å². The monoisotopic (exact) mass is 266 g/mol. The molecule has 0 saturated heterocycles. The Labute approximate surface area is 112 Å². The summed E-state index contributed by atoms with van der Waals surface area (Å²) in [6.07, 6.45) is 1.42. The van der Waals surface area contributed by atoms with Gasteiger partial charge in [0.05, 0.1) is 6.61 Å². The van der Waals surface area contributed by atoms with Crippen LogP contribution < -0.4 is 10.6 Å². The molecule has 1 atom stereocenters. The second kappa shape index (κ2) is 6.02. The highest BCUT2D eigenvalue weighted by Gasteiger charge is 2.22. The van der Waals surface area contributed by atoms with Crippen molar-refractivity contribution < 1.29 is 13.9 Å². The largest absolute Gasteiger partial charge is 0.465 e. The summed E-state index contributed by atoms with van der Waals surface area (Å²) in [6.45, 7) is 3.57. The van der Waals surface area contributed by atoms with E-state index in [4.69, 9.17) is 10.5 Å². The molecule has 1 aromatic rings. The summed E-state index contributed by atoms with van der Waals surface area (Å²) >= 11 is 0. The van der Waals surface area contributed by atoms with Crippen LogP contribution in [0.25, 0.3) is 0 Å². The molecule has 0 bridgehead atoms. The molecule has 0 amide bonds. The number of carbonyl (C=O) groups is 1. The van der Waals surface area contributed by atoms with E-state index in [1.807, 2.05) is 6.07 Å². The molecule has 1 unspecified atom stereocenters. The van der Waals surface area contributed by atoms with Gasteiger partial charge in [-0.05, 0) is 37.5 Å². The summed E-state index contributed by atoms with van der Waals surface area (Å²) < 4.78 is 18.1. The predicted octanol–water partition coefficient (Wildman–Crippen LogP) is 1.47. The number of hydrogen-bond donors (Lipinski definition) is 1. The topological polar surface area (TPSA) is 55.6 Å². The third kappa shape index (κ3) is 3.23. The zero-order valence-electron chi connectivity index (χ0n) is 11.1. The second-order valence-electron chi connectivity index (χ2n) is 4.66. The molecule has 0 fully saturated rings. The van der Waals surface area contributed by atoms with E-state index in [1.54, 1.807) is 6.92 Å². The van der Waals surface area contributed by atoms with Gasteiger partial charge in [-0.1, -0.05) is 6.07 Å². The van der Waals surface area contributed by atoms with E-state index < -0.39 is 6.04 Å². The summed E-state index contributed by atoms with van der Waals surface area (Å²) in [7, 11) is 0. The van der Waals surface area contributed by atoms with Crippen LogP contribution in [0.1, 0.15) is 18.9 Å². The quantitative estimate of drug-likeness (QED) is 0.820. The lowest BCUT2D eigenvalue weighted by molar-refractivity contribution is -0.144. The second-order valence-corrected chi connectivity index (χ2v) is 4.66. The maximum atomic E-state index is 13.2. The number of nitrogens with zero attached hydrogens (tertiary/aromatic N) is 1. The number of fused-ring (bicyclic) bond motifs is 1. The van der Waals surface area contributed by atoms with Crippen molar-refractivity contribution in [3.8, 4) is 0 Å². The first kappa shape index (κ1) is 13.8. The van der Waals surface area contributed by atoms with Crippen molar-refractivity contribution in [1.82, 2.24) is 0 Å². The number of benzene rings is 1. The zero-order chi connectivity index (χ0) is 13.8. The molecule has 4 nitrogen and oxygen atoms in total. The van der Waals surface area contributed by atoms with E-state index in [2.05, 4.69) is 4.90 Å².